The molecule has 0 heterocycles. The normalized spacial score (nSPS) is 10.4. The summed E-state index contributed by atoms with van der Waals surface area (Å²) < 4.78 is 1.15. The van der Waals surface area contributed by atoms with Crippen molar-refractivity contribution in [3.63, 3.8) is 0 Å². The van der Waals surface area contributed by atoms with E-state index >= 15 is 0 Å². The van der Waals surface area contributed by atoms with Gasteiger partial charge in [0.05, 0.1) is 5.75 Å². The number of carbonyl (C=O) groups is 1. The van der Waals surface area contributed by atoms with Crippen LogP contribution in [0.5, 0.6) is 0 Å². The summed E-state index contributed by atoms with van der Waals surface area (Å²) in [7, 11) is 0. The predicted octanol–water partition coefficient (Wildman–Crippen LogP) is 4.72. The van der Waals surface area contributed by atoms with Crippen molar-refractivity contribution in [2.24, 2.45) is 0 Å². The maximum absolute atomic E-state index is 12.0. The van der Waals surface area contributed by atoms with Crippen LogP contribution in [0.2, 0.25) is 0 Å². The van der Waals surface area contributed by atoms with Crippen LogP contribution >= 0.6 is 34.4 Å². The van der Waals surface area contributed by atoms with E-state index in [2.05, 4.69) is 41.6 Å². The van der Waals surface area contributed by atoms with Crippen LogP contribution in [-0.4, -0.2) is 11.5 Å². The molecule has 0 fully saturated rings. The average Bonchev–Trinajstić information content (AvgIpc) is 2.41. The molecule has 1 nitrogen and oxygen atoms in total. The van der Waals surface area contributed by atoms with Gasteiger partial charge in [-0.05, 0) is 52.8 Å². The molecular weight excluding hydrogens is 367 g/mol. The Morgan fingerprint density at radius 3 is 2.47 bits per heavy atom. The number of benzene rings is 2. The Morgan fingerprint density at radius 1 is 1.11 bits per heavy atom. The first-order valence-corrected chi connectivity index (χ1v) is 8.31. The molecule has 2 rings (SSSR count). The molecule has 0 saturated carbocycles. The second kappa shape index (κ2) is 7.10. The molecule has 3 heteroatoms. The standard InChI is InChI=1S/C16H15IOS/c1-12-4-2-3-5-14(12)10-19-11-16(18)13-6-8-15(17)9-7-13/h2-9H,10-11H2,1H3. The molecule has 0 unspecified atom stereocenters. The van der Waals surface area contributed by atoms with Crippen molar-refractivity contribution >= 4 is 40.1 Å². The quantitative estimate of drug-likeness (QED) is 0.550. The second-order valence-corrected chi connectivity index (χ2v) is 6.58. The second-order valence-electron chi connectivity index (χ2n) is 4.35. The van der Waals surface area contributed by atoms with E-state index in [-0.39, 0.29) is 5.78 Å². The molecule has 0 N–H and O–H groups in total. The maximum atomic E-state index is 12.0. The first kappa shape index (κ1) is 14.6. The summed E-state index contributed by atoms with van der Waals surface area (Å²) in [5.74, 6) is 1.63. The number of hydrogen-bond donors (Lipinski definition) is 0. The van der Waals surface area contributed by atoms with Crippen molar-refractivity contribution < 1.29 is 4.79 Å². The third-order valence-electron chi connectivity index (χ3n) is 2.92. The molecule has 0 amide bonds. The van der Waals surface area contributed by atoms with Crippen molar-refractivity contribution in [2.75, 3.05) is 5.75 Å². The Balaban J connectivity index is 1.88. The van der Waals surface area contributed by atoms with Crippen molar-refractivity contribution in [1.29, 1.82) is 0 Å². The Kier molecular flexibility index (Phi) is 5.45. The lowest BCUT2D eigenvalue weighted by molar-refractivity contribution is 0.102. The summed E-state index contributed by atoms with van der Waals surface area (Å²) in [4.78, 5) is 12.0. The maximum Gasteiger partial charge on any atom is 0.172 e. The number of thioether (sulfide) groups is 1. The first-order chi connectivity index (χ1) is 9.16. The molecule has 98 valence electrons. The molecule has 0 aromatic heterocycles. The van der Waals surface area contributed by atoms with E-state index in [0.717, 1.165) is 14.9 Å². The smallest absolute Gasteiger partial charge is 0.172 e. The summed E-state index contributed by atoms with van der Waals surface area (Å²) in [5.41, 5.74) is 3.40. The van der Waals surface area contributed by atoms with E-state index in [4.69, 9.17) is 0 Å². The number of aryl methyl sites for hydroxylation is 1. The Labute approximate surface area is 131 Å². The van der Waals surface area contributed by atoms with Gasteiger partial charge in [-0.2, -0.15) is 0 Å². The molecular formula is C16H15IOS. The topological polar surface area (TPSA) is 17.1 Å². The van der Waals surface area contributed by atoms with Gasteiger partial charge in [0.25, 0.3) is 0 Å². The predicted molar refractivity (Wildman–Crippen MR) is 90.8 cm³/mol. The van der Waals surface area contributed by atoms with Crippen molar-refractivity contribution in [1.82, 2.24) is 0 Å². The summed E-state index contributed by atoms with van der Waals surface area (Å²) in [6.45, 7) is 2.11. The summed E-state index contributed by atoms with van der Waals surface area (Å²) in [6, 6.07) is 16.1. The molecule has 0 atom stereocenters. The van der Waals surface area contributed by atoms with Gasteiger partial charge in [-0.15, -0.1) is 11.8 Å². The molecule has 0 aliphatic heterocycles. The third-order valence-corrected chi connectivity index (χ3v) is 4.62. The van der Waals surface area contributed by atoms with Crippen molar-refractivity contribution in [3.8, 4) is 0 Å². The van der Waals surface area contributed by atoms with Gasteiger partial charge >= 0.3 is 0 Å². The van der Waals surface area contributed by atoms with E-state index in [1.54, 1.807) is 11.8 Å². The highest BCUT2D eigenvalue weighted by molar-refractivity contribution is 14.1. The summed E-state index contributed by atoms with van der Waals surface area (Å²) >= 11 is 3.92. The lowest BCUT2D eigenvalue weighted by atomic mass is 10.1. The molecule has 2 aromatic carbocycles. The van der Waals surface area contributed by atoms with Crippen LogP contribution in [0.25, 0.3) is 0 Å². The lowest BCUT2D eigenvalue weighted by Gasteiger charge is -2.05. The Bertz CT molecular complexity index is 563. The molecule has 0 aliphatic rings. The molecule has 0 saturated heterocycles. The first-order valence-electron chi connectivity index (χ1n) is 6.08. The van der Waals surface area contributed by atoms with Crippen LogP contribution in [-0.2, 0) is 5.75 Å². The van der Waals surface area contributed by atoms with Gasteiger partial charge in [0.2, 0.25) is 0 Å². The largest absolute Gasteiger partial charge is 0.293 e. The molecule has 0 bridgehead atoms. The molecule has 0 spiro atoms. The van der Waals surface area contributed by atoms with Gasteiger partial charge in [-0.3, -0.25) is 4.79 Å². The number of rotatable bonds is 5. The van der Waals surface area contributed by atoms with E-state index in [9.17, 15) is 4.79 Å². The fourth-order valence-corrected chi connectivity index (χ4v) is 3.10. The molecule has 0 aliphatic carbocycles. The monoisotopic (exact) mass is 382 g/mol. The van der Waals surface area contributed by atoms with Gasteiger partial charge in [-0.25, -0.2) is 0 Å². The van der Waals surface area contributed by atoms with Crippen LogP contribution in [0.1, 0.15) is 21.5 Å². The highest BCUT2D eigenvalue weighted by atomic mass is 127. The van der Waals surface area contributed by atoms with Gasteiger partial charge in [0, 0.05) is 14.9 Å². The van der Waals surface area contributed by atoms with Crippen LogP contribution in [0, 0.1) is 10.5 Å². The van der Waals surface area contributed by atoms with E-state index in [0.29, 0.717) is 5.75 Å². The summed E-state index contributed by atoms with van der Waals surface area (Å²) in [6.07, 6.45) is 0. The van der Waals surface area contributed by atoms with Gasteiger partial charge < -0.3 is 0 Å². The van der Waals surface area contributed by atoms with Gasteiger partial charge in [-0.1, -0.05) is 36.4 Å². The highest BCUT2D eigenvalue weighted by Gasteiger charge is 2.06. The number of ketones is 1. The zero-order chi connectivity index (χ0) is 13.7. The number of halogens is 1. The van der Waals surface area contributed by atoms with Crippen LogP contribution in [0.15, 0.2) is 48.5 Å². The molecule has 19 heavy (non-hydrogen) atoms. The molecule has 0 radical (unpaired) electrons. The minimum absolute atomic E-state index is 0.204. The van der Waals surface area contributed by atoms with Crippen LogP contribution in [0.4, 0.5) is 0 Å². The average molecular weight is 382 g/mol. The van der Waals surface area contributed by atoms with E-state index in [1.807, 2.05) is 36.4 Å². The zero-order valence-corrected chi connectivity index (χ0v) is 13.7. The fraction of sp³-hybridized carbons (Fsp3) is 0.188. The number of Topliss-reactive ketones (excluding diaryl/α,β-unsaturated/α-hetero) is 1. The zero-order valence-electron chi connectivity index (χ0n) is 10.7. The lowest BCUT2D eigenvalue weighted by Crippen LogP contribution is -2.02. The van der Waals surface area contributed by atoms with Gasteiger partial charge in [0.15, 0.2) is 5.78 Å². The summed E-state index contributed by atoms with van der Waals surface area (Å²) in [5, 5.41) is 0. The number of hydrogen-bond acceptors (Lipinski definition) is 2. The highest BCUT2D eigenvalue weighted by Crippen LogP contribution is 2.17. The minimum atomic E-state index is 0.204. The van der Waals surface area contributed by atoms with Crippen molar-refractivity contribution in [3.05, 3.63) is 68.8 Å². The van der Waals surface area contributed by atoms with Gasteiger partial charge in [0.1, 0.15) is 0 Å². The van der Waals surface area contributed by atoms with E-state index in [1.165, 1.54) is 11.1 Å². The molecule has 2 aromatic rings. The minimum Gasteiger partial charge on any atom is -0.293 e. The van der Waals surface area contributed by atoms with Crippen LogP contribution in [0.3, 0.4) is 0 Å². The number of carbonyl (C=O) groups excluding carboxylic acids is 1. The fourth-order valence-electron chi connectivity index (χ4n) is 1.74. The Hall–Kier alpha value is -0.810. The third kappa shape index (κ3) is 4.35. The SMILES string of the molecule is Cc1ccccc1CSCC(=O)c1ccc(I)cc1. The van der Waals surface area contributed by atoms with Crippen molar-refractivity contribution in [2.45, 2.75) is 12.7 Å². The Morgan fingerprint density at radius 2 is 1.79 bits per heavy atom. The van der Waals surface area contributed by atoms with Crippen LogP contribution < -0.4 is 0 Å². The van der Waals surface area contributed by atoms with E-state index < -0.39 is 0 Å².